The molecule has 0 bridgehead atoms. The zero-order valence-corrected chi connectivity index (χ0v) is 18.8. The molecule has 31 heavy (non-hydrogen) atoms. The molecule has 1 aliphatic rings. The monoisotopic (exact) mass is 443 g/mol. The maximum absolute atomic E-state index is 12.7. The molecular formula is C23H29N3O4S. The van der Waals surface area contributed by atoms with Gasteiger partial charge in [0.25, 0.3) is 5.91 Å². The summed E-state index contributed by atoms with van der Waals surface area (Å²) in [6.07, 6.45) is 5.61. The number of nitrogens with one attached hydrogen (secondary N) is 1. The number of carbonyl (C=O) groups is 2. The van der Waals surface area contributed by atoms with E-state index in [9.17, 15) is 18.0 Å². The average molecular weight is 444 g/mol. The zero-order chi connectivity index (χ0) is 22.4. The third kappa shape index (κ3) is 5.71. The fraction of sp³-hybridized carbons (Fsp3) is 0.391. The molecule has 8 heteroatoms. The second-order valence-corrected chi connectivity index (χ2v) is 9.95. The maximum Gasteiger partial charge on any atom is 0.253 e. The van der Waals surface area contributed by atoms with E-state index in [2.05, 4.69) is 5.32 Å². The van der Waals surface area contributed by atoms with E-state index in [1.54, 1.807) is 42.5 Å². The quantitative estimate of drug-likeness (QED) is 0.711. The topological polar surface area (TPSA) is 86.8 Å². The number of amides is 2. The van der Waals surface area contributed by atoms with Gasteiger partial charge in [0.05, 0.1) is 11.4 Å². The summed E-state index contributed by atoms with van der Waals surface area (Å²) in [6, 6.07) is 14.9. The van der Waals surface area contributed by atoms with Gasteiger partial charge in [0.2, 0.25) is 15.9 Å². The van der Waals surface area contributed by atoms with Crippen LogP contribution in [-0.4, -0.2) is 56.1 Å². The molecule has 2 aromatic rings. The Morgan fingerprint density at radius 2 is 1.55 bits per heavy atom. The van der Waals surface area contributed by atoms with Crippen molar-refractivity contribution < 1.29 is 18.0 Å². The number of carbonyl (C=O) groups excluding carboxylic acids is 2. The minimum atomic E-state index is -3.74. The van der Waals surface area contributed by atoms with Crippen LogP contribution < -0.4 is 5.32 Å². The van der Waals surface area contributed by atoms with E-state index in [4.69, 9.17) is 0 Å². The molecule has 7 nitrogen and oxygen atoms in total. The first-order chi connectivity index (χ1) is 14.8. The second kappa shape index (κ2) is 10.1. The summed E-state index contributed by atoms with van der Waals surface area (Å²) in [5.74, 6) is -0.487. The largest absolute Gasteiger partial charge is 0.339 e. The molecule has 1 fully saturated rings. The van der Waals surface area contributed by atoms with Crippen molar-refractivity contribution in [3.63, 3.8) is 0 Å². The average Bonchev–Trinajstić information content (AvgIpc) is 2.79. The van der Waals surface area contributed by atoms with Crippen molar-refractivity contribution in [2.24, 2.45) is 0 Å². The lowest BCUT2D eigenvalue weighted by atomic mass is 9.94. The highest BCUT2D eigenvalue weighted by Crippen LogP contribution is 2.23. The Morgan fingerprint density at radius 1 is 0.935 bits per heavy atom. The number of rotatable bonds is 7. The van der Waals surface area contributed by atoms with Crippen molar-refractivity contribution in [2.75, 3.05) is 26.0 Å². The van der Waals surface area contributed by atoms with Crippen molar-refractivity contribution in [1.82, 2.24) is 9.21 Å². The molecule has 0 spiro atoms. The van der Waals surface area contributed by atoms with E-state index >= 15 is 0 Å². The lowest BCUT2D eigenvalue weighted by Crippen LogP contribution is -2.38. The normalized spacial score (nSPS) is 14.9. The van der Waals surface area contributed by atoms with Gasteiger partial charge in [0.15, 0.2) is 0 Å². The van der Waals surface area contributed by atoms with Gasteiger partial charge >= 0.3 is 0 Å². The van der Waals surface area contributed by atoms with Gasteiger partial charge in [-0.2, -0.15) is 4.31 Å². The standard InChI is InChI=1S/C23H29N3O4S/c1-25(31(29,30)21-11-7-4-8-12-21)17-22(27)24-19-15-13-18(14-16-19)23(28)26(2)20-9-5-3-6-10-20/h4,7-8,11-16,20H,3,5-6,9-10,17H2,1-2H3,(H,24,27). The van der Waals surface area contributed by atoms with E-state index in [1.807, 2.05) is 11.9 Å². The van der Waals surface area contributed by atoms with Crippen LogP contribution in [0.2, 0.25) is 0 Å². The Hall–Kier alpha value is -2.71. The molecule has 2 amide bonds. The first-order valence-corrected chi connectivity index (χ1v) is 11.9. The van der Waals surface area contributed by atoms with Crippen LogP contribution in [0.4, 0.5) is 5.69 Å². The van der Waals surface area contributed by atoms with Crippen LogP contribution in [0.25, 0.3) is 0 Å². The van der Waals surface area contributed by atoms with Crippen molar-refractivity contribution in [2.45, 2.75) is 43.0 Å². The van der Waals surface area contributed by atoms with Crippen molar-refractivity contribution >= 4 is 27.5 Å². The summed E-state index contributed by atoms with van der Waals surface area (Å²) in [5, 5.41) is 2.69. The Morgan fingerprint density at radius 3 is 2.16 bits per heavy atom. The van der Waals surface area contributed by atoms with E-state index in [0.29, 0.717) is 11.3 Å². The maximum atomic E-state index is 12.7. The van der Waals surface area contributed by atoms with Gasteiger partial charge in [0, 0.05) is 31.4 Å². The number of benzene rings is 2. The molecule has 1 saturated carbocycles. The van der Waals surface area contributed by atoms with Gasteiger partial charge in [-0.15, -0.1) is 0 Å². The zero-order valence-electron chi connectivity index (χ0n) is 18.0. The summed E-state index contributed by atoms with van der Waals surface area (Å²) in [4.78, 5) is 27.0. The number of anilines is 1. The molecule has 1 aliphatic carbocycles. The molecule has 166 valence electrons. The fourth-order valence-electron chi connectivity index (χ4n) is 3.79. The molecular weight excluding hydrogens is 414 g/mol. The summed E-state index contributed by atoms with van der Waals surface area (Å²) in [5.41, 5.74) is 1.07. The highest BCUT2D eigenvalue weighted by molar-refractivity contribution is 7.89. The summed E-state index contributed by atoms with van der Waals surface area (Å²) >= 11 is 0. The summed E-state index contributed by atoms with van der Waals surface area (Å²) in [6.45, 7) is -0.317. The number of hydrogen-bond donors (Lipinski definition) is 1. The van der Waals surface area contributed by atoms with Gasteiger partial charge in [-0.05, 0) is 49.2 Å². The SMILES string of the molecule is CN(C(=O)c1ccc(NC(=O)CN(C)S(=O)(=O)c2ccccc2)cc1)C1CCCCC1. The predicted molar refractivity (Wildman–Crippen MR) is 120 cm³/mol. The van der Waals surface area contributed by atoms with Crippen LogP contribution in [0.3, 0.4) is 0 Å². The number of hydrogen-bond acceptors (Lipinski definition) is 4. The Balaban J connectivity index is 1.58. The summed E-state index contributed by atoms with van der Waals surface area (Å²) in [7, 11) is -0.532. The van der Waals surface area contributed by atoms with Crippen molar-refractivity contribution in [1.29, 1.82) is 0 Å². The van der Waals surface area contributed by atoms with Crippen molar-refractivity contribution in [3.05, 3.63) is 60.2 Å². The third-order valence-corrected chi connectivity index (χ3v) is 7.49. The number of sulfonamides is 1. The van der Waals surface area contributed by atoms with Crippen LogP contribution in [0.15, 0.2) is 59.5 Å². The minimum absolute atomic E-state index is 0.0292. The molecule has 0 heterocycles. The van der Waals surface area contributed by atoms with E-state index < -0.39 is 15.9 Å². The van der Waals surface area contributed by atoms with Crippen LogP contribution in [0, 0.1) is 0 Å². The Bertz CT molecular complexity index is 1000. The molecule has 0 atom stereocenters. The Kier molecular flexibility index (Phi) is 7.46. The van der Waals surface area contributed by atoms with Crippen molar-refractivity contribution in [3.8, 4) is 0 Å². The van der Waals surface area contributed by atoms with Gasteiger partial charge in [0.1, 0.15) is 0 Å². The highest BCUT2D eigenvalue weighted by atomic mass is 32.2. The first kappa shape index (κ1) is 23.0. The van der Waals surface area contributed by atoms with Gasteiger partial charge in [-0.1, -0.05) is 37.5 Å². The lowest BCUT2D eigenvalue weighted by molar-refractivity contribution is -0.116. The molecule has 0 aromatic heterocycles. The predicted octanol–water partition coefficient (Wildman–Crippen LogP) is 3.35. The molecule has 1 N–H and O–H groups in total. The smallest absolute Gasteiger partial charge is 0.253 e. The highest BCUT2D eigenvalue weighted by Gasteiger charge is 2.24. The lowest BCUT2D eigenvalue weighted by Gasteiger charge is -2.31. The molecule has 0 radical (unpaired) electrons. The summed E-state index contributed by atoms with van der Waals surface area (Å²) < 4.78 is 26.1. The van der Waals surface area contributed by atoms with E-state index in [-0.39, 0.29) is 23.4 Å². The van der Waals surface area contributed by atoms with Crippen LogP contribution in [-0.2, 0) is 14.8 Å². The molecule has 3 rings (SSSR count). The fourth-order valence-corrected chi connectivity index (χ4v) is 4.94. The van der Waals surface area contributed by atoms with E-state index in [1.165, 1.54) is 25.6 Å². The van der Waals surface area contributed by atoms with Crippen LogP contribution >= 0.6 is 0 Å². The van der Waals surface area contributed by atoms with Gasteiger partial charge in [-0.3, -0.25) is 9.59 Å². The minimum Gasteiger partial charge on any atom is -0.339 e. The van der Waals surface area contributed by atoms with Crippen LogP contribution in [0.1, 0.15) is 42.5 Å². The molecule has 2 aromatic carbocycles. The van der Waals surface area contributed by atoms with E-state index in [0.717, 1.165) is 30.0 Å². The van der Waals surface area contributed by atoms with Crippen LogP contribution in [0.5, 0.6) is 0 Å². The van der Waals surface area contributed by atoms with Gasteiger partial charge in [-0.25, -0.2) is 8.42 Å². The molecule has 0 saturated heterocycles. The third-order valence-electron chi connectivity index (χ3n) is 5.68. The molecule has 0 unspecified atom stereocenters. The first-order valence-electron chi connectivity index (χ1n) is 10.5. The molecule has 0 aliphatic heterocycles. The number of nitrogens with zero attached hydrogens (tertiary/aromatic N) is 2. The number of likely N-dealkylation sites (N-methyl/N-ethyl adjacent to an activating group) is 1. The Labute approximate surface area is 184 Å². The second-order valence-electron chi connectivity index (χ2n) is 7.91. The van der Waals surface area contributed by atoms with Gasteiger partial charge < -0.3 is 10.2 Å².